The largest absolute Gasteiger partial charge is 0.493 e. The quantitative estimate of drug-likeness (QED) is 0.00609. The van der Waals surface area contributed by atoms with Crippen molar-refractivity contribution in [3.05, 3.63) is 187 Å². The van der Waals surface area contributed by atoms with Gasteiger partial charge >= 0.3 is 6.09 Å². The first kappa shape index (κ1) is 107. The van der Waals surface area contributed by atoms with Crippen LogP contribution in [0.3, 0.4) is 0 Å². The molecule has 4 fully saturated rings. The van der Waals surface area contributed by atoms with Gasteiger partial charge in [0.25, 0.3) is 35.0 Å². The molecule has 6 aromatic rings. The average Bonchev–Trinajstić information content (AvgIpc) is 1.62. The van der Waals surface area contributed by atoms with Gasteiger partial charge in [-0.2, -0.15) is 0 Å². The number of aromatic nitrogens is 2. The predicted molar refractivity (Wildman–Crippen MR) is 534 cm³/mol. The summed E-state index contributed by atoms with van der Waals surface area (Å²) in [4.78, 5) is 130. The first-order valence-electron chi connectivity index (χ1n) is 45.3. The minimum Gasteiger partial charge on any atom is -0.493 e. The fourth-order valence-corrected chi connectivity index (χ4v) is 21.2. The number of Topliss-reactive ketones (excluding diaryl/α,β-unsaturated/α-hetero) is 2. The Morgan fingerprint density at radius 1 is 0.507 bits per heavy atom. The summed E-state index contributed by atoms with van der Waals surface area (Å²) in [5, 5.41) is 34.0. The summed E-state index contributed by atoms with van der Waals surface area (Å²) in [6, 6.07) is 18.0. The molecule has 0 saturated carbocycles. The van der Waals surface area contributed by atoms with Gasteiger partial charge in [0, 0.05) is 98.2 Å². The number of carbonyl (C=O) groups is 7. The third kappa shape index (κ3) is 28.5. The van der Waals surface area contributed by atoms with Gasteiger partial charge in [0.1, 0.15) is 22.4 Å². The fourth-order valence-electron chi connectivity index (χ4n) is 15.3. The number of ketones is 2. The lowest BCUT2D eigenvalue weighted by atomic mass is 9.99. The lowest BCUT2D eigenvalue weighted by Gasteiger charge is -2.38. The number of carbonyl (C=O) groups excluding carboxylic acids is 7. The smallest absolute Gasteiger partial charge is 0.411 e. The molecule has 4 atom stereocenters. The summed E-state index contributed by atoms with van der Waals surface area (Å²) in [6.07, 6.45) is 9.83. The molecule has 6 aliphatic rings. The van der Waals surface area contributed by atoms with Crippen LogP contribution in [0.4, 0.5) is 27.5 Å². The van der Waals surface area contributed by atoms with Crippen molar-refractivity contribution in [1.29, 1.82) is 0 Å². The molecular weight excluding hydrogens is 1860 g/mol. The molecule has 136 heavy (non-hydrogen) atoms. The predicted octanol–water partition coefficient (Wildman–Crippen LogP) is 18.4. The van der Waals surface area contributed by atoms with Gasteiger partial charge in [-0.15, -0.1) is 0 Å². The van der Waals surface area contributed by atoms with E-state index in [9.17, 15) is 53.8 Å². The van der Waals surface area contributed by atoms with E-state index in [1.54, 1.807) is 93.3 Å². The first-order chi connectivity index (χ1) is 64.6. The van der Waals surface area contributed by atoms with E-state index in [4.69, 9.17) is 62.3 Å². The topological polar surface area (TPSA) is 404 Å². The van der Waals surface area contributed by atoms with Gasteiger partial charge in [0.2, 0.25) is 0 Å². The highest BCUT2D eigenvalue weighted by atomic mass is 33.1. The normalized spacial score (nSPS) is 17.1. The molecule has 33 nitrogen and oxygen atoms in total. The Hall–Kier alpha value is -10.7. The lowest BCUT2D eigenvalue weighted by Crippen LogP contribution is -2.46. The van der Waals surface area contributed by atoms with Crippen LogP contribution in [-0.4, -0.2) is 246 Å². The van der Waals surface area contributed by atoms with E-state index in [0.29, 0.717) is 194 Å². The number of methoxy groups -OCH3 is 4. The molecule has 6 aliphatic heterocycles. The standard InChI is InChI=1S/C49H63N5O12S2Si.C40H55N3O8Si.C8H10N2O3S2/c1-31-20-35(30-66-69(8,9)49(3,4)5)52(28-31)47(57)37-25-42(62-7)44(26-38(37)51-48(58)65-18-13-19-67-68-45-15-14-34(27-50-45)54(59)60)64-17-12-10-11-16-63-43-23-33-22-40(55)39-21-32(2)29-53(39)46(56)36(33)24-41(43)61-6;1-25-15-28(24-51-52(8,9)40(3,4)5)42(22-25)39(46)30-20-35(48-7)37(21-31(30)41)50-14-12-10-11-13-49-36-18-27-17-33(44)32-16-26(2)23-43(32)38(45)29(27)19-34(36)47-6;11-4-1-5-14-15-8-3-2-7(6-9-8)10(12)13/h14-15,23-27,35,39H,1-2,10-13,16-22,28-30H2,3-9H3,(H,51,58);18-21,28,32H,1-2,10-17,22-24,41H2,3-9H3;2-3,6,11H,1,4-5H2/t35-,39-;28-,32-;/m00./s1. The third-order valence-electron chi connectivity index (χ3n) is 25.0. The number of hydrogen-bond donors (Lipinski definition) is 3. The van der Waals surface area contributed by atoms with Gasteiger partial charge in [-0.1, -0.05) is 112 Å². The molecule has 0 aliphatic carbocycles. The second-order valence-electron chi connectivity index (χ2n) is 37.0. The number of nitrogens with zero attached hydrogens (tertiary/aromatic N) is 8. The molecular formula is C97H128N10O23S4Si2. The van der Waals surface area contributed by atoms with Crippen LogP contribution in [0.2, 0.25) is 36.3 Å². The van der Waals surface area contributed by atoms with Crippen LogP contribution >= 0.6 is 43.2 Å². The maximum absolute atomic E-state index is 14.5. The van der Waals surface area contributed by atoms with E-state index in [1.807, 2.05) is 4.90 Å². The summed E-state index contributed by atoms with van der Waals surface area (Å²) < 4.78 is 65.6. The van der Waals surface area contributed by atoms with Gasteiger partial charge in [0.05, 0.1) is 126 Å². The number of pyridine rings is 2. The summed E-state index contributed by atoms with van der Waals surface area (Å²) in [6.45, 7) is 42.3. The van der Waals surface area contributed by atoms with Gasteiger partial charge in [-0.3, -0.25) is 54.3 Å². The molecule has 0 bridgehead atoms. The molecule has 12 rings (SSSR count). The number of rotatable bonds is 42. The fraction of sp³-hybridized carbons (Fsp3) is 0.495. The molecule has 736 valence electrons. The van der Waals surface area contributed by atoms with E-state index < -0.39 is 44.7 Å². The van der Waals surface area contributed by atoms with Crippen molar-refractivity contribution in [2.24, 2.45) is 0 Å². The van der Waals surface area contributed by atoms with Crippen LogP contribution in [0.1, 0.15) is 171 Å². The molecule has 5 amide bonds. The van der Waals surface area contributed by atoms with Gasteiger partial charge < -0.3 is 81.9 Å². The molecule has 2 aromatic heterocycles. The highest BCUT2D eigenvalue weighted by Gasteiger charge is 2.46. The van der Waals surface area contributed by atoms with Crippen molar-refractivity contribution in [2.45, 2.75) is 202 Å². The second kappa shape index (κ2) is 49.1. The molecule has 4 N–H and O–H groups in total. The number of aliphatic hydroxyl groups is 1. The van der Waals surface area contributed by atoms with Gasteiger partial charge in [-0.25, -0.2) is 14.8 Å². The van der Waals surface area contributed by atoms with Crippen LogP contribution in [-0.2, 0) is 36.0 Å². The summed E-state index contributed by atoms with van der Waals surface area (Å²) in [5.41, 5.74) is 13.2. The minimum absolute atomic E-state index is 0.000270. The molecule has 39 heteroatoms. The maximum atomic E-state index is 14.5. The SMILES string of the molecule is C=C1C[C@@H](CO[Si](C)(C)C(C)(C)C)N(C(=O)c2cc(OC)c(OCCCCCOc3cc4c(cc3OC)C(=O)N3CC(=C)C[C@H]3C(=O)C4)cc2N)C1.C=C1C[C@@H](CO[Si](C)(C)C(C)(C)C)N(C(=O)c2cc(OC)c(OCCCCCOc3cc4c(cc3OC)C(=O)N3CC(=C)C[C@H]3C(=O)C4)cc2NC(=O)OCCCSSc2ccc([N+](=O)[O-])cn2)C1.O=[N+]([O-])c1ccc(SSCCCO)nc1. The van der Waals surface area contributed by atoms with Crippen LogP contribution in [0.15, 0.2) is 144 Å². The van der Waals surface area contributed by atoms with Crippen LogP contribution in [0.5, 0.6) is 46.0 Å². The number of unbranched alkanes of at least 4 members (excludes halogenated alkanes) is 4. The Balaban J connectivity index is 0.000000250. The van der Waals surface area contributed by atoms with Crippen molar-refractivity contribution >= 4 is 124 Å². The van der Waals surface area contributed by atoms with Crippen molar-refractivity contribution in [3.63, 3.8) is 0 Å². The number of nitro groups is 2. The average molecular weight is 1990 g/mol. The zero-order chi connectivity index (χ0) is 99.1. The number of nitrogens with two attached hydrogens (primary N) is 1. The lowest BCUT2D eigenvalue weighted by molar-refractivity contribution is -0.385. The number of likely N-dealkylation sites (tertiary alicyclic amines) is 2. The number of aliphatic hydroxyl groups excluding tert-OH is 1. The number of anilines is 2. The summed E-state index contributed by atoms with van der Waals surface area (Å²) >= 11 is 0. The number of fused-ring (bicyclic) bond motifs is 4. The van der Waals surface area contributed by atoms with Crippen molar-refractivity contribution in [2.75, 3.05) is 130 Å². The van der Waals surface area contributed by atoms with E-state index in [0.717, 1.165) is 65.2 Å². The number of nitrogens with one attached hydrogen (secondary N) is 1. The first-order valence-corrected chi connectivity index (χ1v) is 55.7. The van der Waals surface area contributed by atoms with Crippen molar-refractivity contribution in [3.8, 4) is 46.0 Å². The molecule has 4 saturated heterocycles. The zero-order valence-electron chi connectivity index (χ0n) is 80.2. The Kier molecular flexibility index (Phi) is 38.7. The van der Waals surface area contributed by atoms with E-state index >= 15 is 0 Å². The van der Waals surface area contributed by atoms with Crippen LogP contribution in [0, 0.1) is 20.2 Å². The zero-order valence-corrected chi connectivity index (χ0v) is 85.5. The molecule has 4 aromatic carbocycles. The second-order valence-corrected chi connectivity index (χ2v) is 51.5. The van der Waals surface area contributed by atoms with Gasteiger partial charge in [0.15, 0.2) is 74.2 Å². The van der Waals surface area contributed by atoms with Crippen molar-refractivity contribution < 1.29 is 100.0 Å². The minimum atomic E-state index is -2.14. The summed E-state index contributed by atoms with van der Waals surface area (Å²) in [5.74, 6) is 3.89. The molecule has 0 unspecified atom stereocenters. The Morgan fingerprint density at radius 2 is 0.890 bits per heavy atom. The molecule has 0 spiro atoms. The third-order valence-corrected chi connectivity index (χ3v) is 38.7. The number of amides is 5. The monoisotopic (exact) mass is 1980 g/mol. The number of ether oxygens (including phenoxy) is 9. The van der Waals surface area contributed by atoms with Crippen LogP contribution < -0.4 is 48.9 Å². The maximum Gasteiger partial charge on any atom is 0.411 e. The Bertz CT molecular complexity index is 5370. The molecule has 0 radical (unpaired) electrons. The van der Waals surface area contributed by atoms with Crippen molar-refractivity contribution in [1.82, 2.24) is 29.6 Å². The molecule has 8 heterocycles. The highest BCUT2D eigenvalue weighted by Crippen LogP contribution is 2.45. The highest BCUT2D eigenvalue weighted by molar-refractivity contribution is 8.77. The number of benzene rings is 4. The number of hydrogen-bond acceptors (Lipinski definition) is 30. The Morgan fingerprint density at radius 3 is 1.28 bits per heavy atom. The van der Waals surface area contributed by atoms with E-state index in [-0.39, 0.29) is 113 Å². The number of nitrogen functional groups attached to an aromatic ring is 1. The summed E-state index contributed by atoms with van der Waals surface area (Å²) in [7, 11) is 7.80. The van der Waals surface area contributed by atoms with Crippen LogP contribution in [0.25, 0.3) is 0 Å². The Labute approximate surface area is 813 Å². The van der Waals surface area contributed by atoms with Gasteiger partial charge in [-0.05, 0) is 195 Å². The van der Waals surface area contributed by atoms with E-state index in [1.165, 1.54) is 78.2 Å². The van der Waals surface area contributed by atoms with E-state index in [2.05, 4.69) is 109 Å².